The molecule has 1 aromatic carbocycles. The Morgan fingerprint density at radius 1 is 1.21 bits per heavy atom. The standard InChI is InChI=1S/C16H22ClN3O3S/c1-12(13-10-18-11-13)16(21)19-6-8-20(9-7-19)24(22,23)15-5-3-2-4-14(15)17/h2-5,12-13,18H,6-11H2,1H3. The lowest BCUT2D eigenvalue weighted by atomic mass is 9.88. The Balaban J connectivity index is 1.64. The van der Waals surface area contributed by atoms with Gasteiger partial charge in [-0.3, -0.25) is 4.79 Å². The highest BCUT2D eigenvalue weighted by molar-refractivity contribution is 7.89. The smallest absolute Gasteiger partial charge is 0.244 e. The zero-order chi connectivity index (χ0) is 17.3. The molecule has 0 aliphatic carbocycles. The number of piperazine rings is 1. The number of rotatable bonds is 4. The van der Waals surface area contributed by atoms with Gasteiger partial charge >= 0.3 is 0 Å². The third kappa shape index (κ3) is 3.31. The van der Waals surface area contributed by atoms with Gasteiger partial charge < -0.3 is 10.2 Å². The summed E-state index contributed by atoms with van der Waals surface area (Å²) in [5.41, 5.74) is 0. The number of amides is 1. The maximum atomic E-state index is 12.7. The molecule has 0 spiro atoms. The molecule has 132 valence electrons. The first-order valence-corrected chi connectivity index (χ1v) is 9.97. The summed E-state index contributed by atoms with van der Waals surface area (Å²) in [7, 11) is -3.62. The molecule has 2 saturated heterocycles. The fourth-order valence-electron chi connectivity index (χ4n) is 3.10. The van der Waals surface area contributed by atoms with Crippen LogP contribution in [0, 0.1) is 11.8 Å². The number of nitrogens with zero attached hydrogens (tertiary/aromatic N) is 2. The van der Waals surface area contributed by atoms with Crippen LogP contribution >= 0.6 is 11.6 Å². The number of nitrogens with one attached hydrogen (secondary N) is 1. The first kappa shape index (κ1) is 17.7. The number of carbonyl (C=O) groups excluding carboxylic acids is 1. The van der Waals surface area contributed by atoms with Gasteiger partial charge in [0.1, 0.15) is 4.90 Å². The normalized spacial score (nSPS) is 21.3. The summed E-state index contributed by atoms with van der Waals surface area (Å²) in [4.78, 5) is 14.4. The van der Waals surface area contributed by atoms with Gasteiger partial charge in [0.05, 0.1) is 5.02 Å². The molecule has 1 N–H and O–H groups in total. The molecule has 24 heavy (non-hydrogen) atoms. The number of benzene rings is 1. The number of halogens is 1. The first-order chi connectivity index (χ1) is 11.4. The summed E-state index contributed by atoms with van der Waals surface area (Å²) in [5.74, 6) is 0.497. The fraction of sp³-hybridized carbons (Fsp3) is 0.562. The Bertz CT molecular complexity index is 713. The van der Waals surface area contributed by atoms with Crippen molar-refractivity contribution in [2.45, 2.75) is 11.8 Å². The van der Waals surface area contributed by atoms with Gasteiger partial charge in [0.2, 0.25) is 15.9 Å². The second-order valence-electron chi connectivity index (χ2n) is 6.37. The van der Waals surface area contributed by atoms with Crippen molar-refractivity contribution in [1.29, 1.82) is 0 Å². The number of sulfonamides is 1. The Kier molecular flexibility index (Phi) is 5.15. The first-order valence-electron chi connectivity index (χ1n) is 8.15. The van der Waals surface area contributed by atoms with Gasteiger partial charge in [0.25, 0.3) is 0 Å². The second-order valence-corrected chi connectivity index (χ2v) is 8.68. The average molecular weight is 372 g/mol. The van der Waals surface area contributed by atoms with Gasteiger partial charge in [-0.2, -0.15) is 4.31 Å². The third-order valence-electron chi connectivity index (χ3n) is 4.91. The van der Waals surface area contributed by atoms with Gasteiger partial charge in [-0.05, 0) is 31.1 Å². The average Bonchev–Trinajstić information content (AvgIpc) is 2.53. The van der Waals surface area contributed by atoms with Crippen molar-refractivity contribution in [2.24, 2.45) is 11.8 Å². The molecular weight excluding hydrogens is 350 g/mol. The van der Waals surface area contributed by atoms with Gasteiger partial charge in [-0.25, -0.2) is 8.42 Å². The van der Waals surface area contributed by atoms with E-state index in [1.807, 2.05) is 6.92 Å². The van der Waals surface area contributed by atoms with E-state index in [0.717, 1.165) is 13.1 Å². The lowest BCUT2D eigenvalue weighted by Gasteiger charge is -2.38. The lowest BCUT2D eigenvalue weighted by Crippen LogP contribution is -2.55. The second kappa shape index (κ2) is 7.00. The van der Waals surface area contributed by atoms with Crippen molar-refractivity contribution in [3.05, 3.63) is 29.3 Å². The van der Waals surface area contributed by atoms with Crippen molar-refractivity contribution < 1.29 is 13.2 Å². The molecule has 0 bridgehead atoms. The Morgan fingerprint density at radius 2 is 1.83 bits per heavy atom. The maximum Gasteiger partial charge on any atom is 0.244 e. The highest BCUT2D eigenvalue weighted by Gasteiger charge is 2.35. The van der Waals surface area contributed by atoms with E-state index in [-0.39, 0.29) is 21.7 Å². The topological polar surface area (TPSA) is 69.7 Å². The third-order valence-corrected chi connectivity index (χ3v) is 7.31. The maximum absolute atomic E-state index is 12.7. The Labute approximate surface area is 147 Å². The molecule has 0 aromatic heterocycles. The van der Waals surface area contributed by atoms with Crippen LogP contribution in [-0.4, -0.2) is 62.8 Å². The van der Waals surface area contributed by atoms with Gasteiger partial charge in [0, 0.05) is 32.1 Å². The number of hydrogen-bond donors (Lipinski definition) is 1. The molecule has 3 rings (SSSR count). The predicted octanol–water partition coefficient (Wildman–Crippen LogP) is 1.03. The van der Waals surface area contributed by atoms with Crippen molar-refractivity contribution in [1.82, 2.24) is 14.5 Å². The molecular formula is C16H22ClN3O3S. The fourth-order valence-corrected chi connectivity index (χ4v) is 5.01. The molecule has 6 nitrogen and oxygen atoms in total. The Hall–Kier alpha value is -1.15. The largest absolute Gasteiger partial charge is 0.340 e. The monoisotopic (exact) mass is 371 g/mol. The van der Waals surface area contributed by atoms with Gasteiger partial charge in [0.15, 0.2) is 0 Å². The molecule has 2 aliphatic rings. The zero-order valence-corrected chi connectivity index (χ0v) is 15.2. The molecule has 0 saturated carbocycles. The predicted molar refractivity (Wildman–Crippen MR) is 92.3 cm³/mol. The minimum Gasteiger partial charge on any atom is -0.340 e. The molecule has 2 heterocycles. The molecule has 1 unspecified atom stereocenters. The van der Waals surface area contributed by atoms with Gasteiger partial charge in [-0.15, -0.1) is 0 Å². The van der Waals surface area contributed by atoms with E-state index in [4.69, 9.17) is 11.6 Å². The van der Waals surface area contributed by atoms with Crippen LogP contribution in [0.4, 0.5) is 0 Å². The van der Waals surface area contributed by atoms with Crippen LogP contribution < -0.4 is 5.32 Å². The van der Waals surface area contributed by atoms with E-state index in [1.54, 1.807) is 23.1 Å². The van der Waals surface area contributed by atoms with E-state index < -0.39 is 10.0 Å². The molecule has 0 radical (unpaired) electrons. The summed E-state index contributed by atoms with van der Waals surface area (Å²) in [5, 5.41) is 3.40. The summed E-state index contributed by atoms with van der Waals surface area (Å²) in [6.07, 6.45) is 0. The summed E-state index contributed by atoms with van der Waals surface area (Å²) < 4.78 is 26.8. The van der Waals surface area contributed by atoms with Gasteiger partial charge in [-0.1, -0.05) is 30.7 Å². The SMILES string of the molecule is CC(C(=O)N1CCN(S(=O)(=O)c2ccccc2Cl)CC1)C1CNC1. The number of hydrogen-bond acceptors (Lipinski definition) is 4. The van der Waals surface area contributed by atoms with Crippen molar-refractivity contribution >= 4 is 27.5 Å². The van der Waals surface area contributed by atoms with E-state index in [2.05, 4.69) is 5.32 Å². The van der Waals surface area contributed by atoms with Crippen LogP contribution in [0.15, 0.2) is 29.2 Å². The van der Waals surface area contributed by atoms with E-state index in [1.165, 1.54) is 10.4 Å². The summed E-state index contributed by atoms with van der Waals surface area (Å²) in [6, 6.07) is 6.45. The minimum atomic E-state index is -3.62. The molecule has 1 aromatic rings. The highest BCUT2D eigenvalue weighted by atomic mass is 35.5. The highest BCUT2D eigenvalue weighted by Crippen LogP contribution is 2.26. The van der Waals surface area contributed by atoms with Crippen LogP contribution in [0.2, 0.25) is 5.02 Å². The molecule has 2 aliphatic heterocycles. The van der Waals surface area contributed by atoms with Crippen LogP contribution in [0.3, 0.4) is 0 Å². The molecule has 1 atom stereocenters. The van der Waals surface area contributed by atoms with Crippen LogP contribution in [0.25, 0.3) is 0 Å². The number of carbonyl (C=O) groups is 1. The molecule has 8 heteroatoms. The van der Waals surface area contributed by atoms with Crippen LogP contribution in [-0.2, 0) is 14.8 Å². The zero-order valence-electron chi connectivity index (χ0n) is 13.6. The van der Waals surface area contributed by atoms with Crippen LogP contribution in [0.1, 0.15) is 6.92 Å². The Morgan fingerprint density at radius 3 is 2.38 bits per heavy atom. The van der Waals surface area contributed by atoms with Crippen molar-refractivity contribution in [3.63, 3.8) is 0 Å². The van der Waals surface area contributed by atoms with Crippen molar-refractivity contribution in [3.8, 4) is 0 Å². The molecule has 2 fully saturated rings. The summed E-state index contributed by atoms with van der Waals surface area (Å²) >= 11 is 6.03. The van der Waals surface area contributed by atoms with E-state index >= 15 is 0 Å². The lowest BCUT2D eigenvalue weighted by molar-refractivity contribution is -0.138. The minimum absolute atomic E-state index is 0.0158. The summed E-state index contributed by atoms with van der Waals surface area (Å²) in [6.45, 7) is 5.17. The quantitative estimate of drug-likeness (QED) is 0.858. The van der Waals surface area contributed by atoms with Crippen molar-refractivity contribution in [2.75, 3.05) is 39.3 Å². The van der Waals surface area contributed by atoms with E-state index in [9.17, 15) is 13.2 Å². The molecule has 1 amide bonds. The van der Waals surface area contributed by atoms with E-state index in [0.29, 0.717) is 32.1 Å². The van der Waals surface area contributed by atoms with Crippen LogP contribution in [0.5, 0.6) is 0 Å².